The molecule has 2 bridgehead atoms. The second-order valence-electron chi connectivity index (χ2n) is 12.5. The van der Waals surface area contributed by atoms with Crippen LogP contribution in [0.4, 0.5) is 0 Å². The second kappa shape index (κ2) is 5.81. The number of ether oxygens (including phenoxy) is 1. The van der Waals surface area contributed by atoms with Crippen molar-refractivity contribution in [2.45, 2.75) is 101 Å². The molecule has 31 heavy (non-hydrogen) atoms. The normalized spacial score (nSPS) is 47.4. The minimum atomic E-state index is -1.87. The molecule has 0 amide bonds. The summed E-state index contributed by atoms with van der Waals surface area (Å²) in [5, 5.41) is 4.70. The van der Waals surface area contributed by atoms with Gasteiger partial charge < -0.3 is 14.0 Å². The van der Waals surface area contributed by atoms with E-state index in [0.717, 1.165) is 37.8 Å². The summed E-state index contributed by atoms with van der Waals surface area (Å²) in [5.74, 6) is 0.335. The van der Waals surface area contributed by atoms with Gasteiger partial charge in [0.1, 0.15) is 5.60 Å². The largest absolute Gasteiger partial charge is 0.413 e. The number of nitrogens with zero attached hydrogens (tertiary/aromatic N) is 1. The number of hydrogen-bond acceptors (Lipinski definition) is 5. The van der Waals surface area contributed by atoms with Gasteiger partial charge in [-0.15, -0.1) is 0 Å². The first-order chi connectivity index (χ1) is 14.4. The fourth-order valence-electron chi connectivity index (χ4n) is 7.28. The molecule has 3 aliphatic heterocycles. The molecular formula is C25H35NO4Si. The van der Waals surface area contributed by atoms with E-state index in [4.69, 9.17) is 14.0 Å². The van der Waals surface area contributed by atoms with Crippen molar-refractivity contribution in [3.05, 3.63) is 23.8 Å². The van der Waals surface area contributed by atoms with Crippen LogP contribution in [-0.2, 0) is 18.8 Å². The van der Waals surface area contributed by atoms with E-state index in [9.17, 15) is 4.79 Å². The lowest BCUT2D eigenvalue weighted by Gasteiger charge is -2.55. The molecule has 5 nitrogen and oxygen atoms in total. The van der Waals surface area contributed by atoms with Gasteiger partial charge in [0.05, 0.1) is 23.3 Å². The van der Waals surface area contributed by atoms with Gasteiger partial charge in [-0.1, -0.05) is 38.9 Å². The molecule has 0 unspecified atom stereocenters. The van der Waals surface area contributed by atoms with E-state index < -0.39 is 20.0 Å². The molecule has 1 saturated carbocycles. The number of allylic oxidation sites excluding steroid dienone is 1. The predicted molar refractivity (Wildman–Crippen MR) is 121 cm³/mol. The van der Waals surface area contributed by atoms with Gasteiger partial charge in [-0.25, -0.2) is 0 Å². The zero-order valence-electron chi connectivity index (χ0n) is 19.7. The zero-order valence-corrected chi connectivity index (χ0v) is 20.7. The Morgan fingerprint density at radius 1 is 1.23 bits per heavy atom. The Bertz CT molecular complexity index is 961. The molecule has 7 atom stereocenters. The molecule has 0 aromatic rings. The summed E-state index contributed by atoms with van der Waals surface area (Å²) in [6.07, 6.45) is 10.9. The van der Waals surface area contributed by atoms with Crippen LogP contribution in [0.3, 0.4) is 0 Å². The van der Waals surface area contributed by atoms with Crippen molar-refractivity contribution in [1.29, 1.82) is 0 Å². The van der Waals surface area contributed by atoms with Crippen LogP contribution in [0.2, 0.25) is 18.1 Å². The number of fused-ring (bicyclic) bond motifs is 2. The van der Waals surface area contributed by atoms with Crippen LogP contribution < -0.4 is 0 Å². The average Bonchev–Trinajstić information content (AvgIpc) is 3.34. The number of oxime groups is 1. The highest BCUT2D eigenvalue weighted by atomic mass is 28.4. The van der Waals surface area contributed by atoms with Crippen LogP contribution in [0.25, 0.3) is 0 Å². The highest BCUT2D eigenvalue weighted by Crippen LogP contribution is 2.68. The Morgan fingerprint density at radius 2 is 2.00 bits per heavy atom. The van der Waals surface area contributed by atoms with Gasteiger partial charge in [-0.05, 0) is 62.4 Å². The molecular weight excluding hydrogens is 406 g/mol. The van der Waals surface area contributed by atoms with Crippen molar-refractivity contribution in [3.8, 4) is 0 Å². The Labute approximate surface area is 186 Å². The van der Waals surface area contributed by atoms with Crippen LogP contribution in [-0.4, -0.2) is 43.2 Å². The smallest absolute Gasteiger partial charge is 0.200 e. The van der Waals surface area contributed by atoms with Gasteiger partial charge in [0.2, 0.25) is 6.10 Å². The number of carbonyl (C=O) groups is 1. The first-order valence-corrected chi connectivity index (χ1v) is 14.9. The summed E-state index contributed by atoms with van der Waals surface area (Å²) in [7, 11) is -1.87. The monoisotopic (exact) mass is 441 g/mol. The number of carbonyl (C=O) groups excluding carboxylic acids is 1. The summed E-state index contributed by atoms with van der Waals surface area (Å²) in [6.45, 7) is 14.1. The molecule has 168 valence electrons. The van der Waals surface area contributed by atoms with Gasteiger partial charge in [0.25, 0.3) is 0 Å². The molecule has 6 aliphatic rings. The third kappa shape index (κ3) is 2.34. The van der Waals surface area contributed by atoms with Crippen LogP contribution in [0.1, 0.15) is 59.8 Å². The van der Waals surface area contributed by atoms with Crippen molar-refractivity contribution in [1.82, 2.24) is 0 Å². The van der Waals surface area contributed by atoms with Crippen LogP contribution >= 0.6 is 0 Å². The zero-order chi connectivity index (χ0) is 22.0. The standard InChI is InChI=1S/C25H35NO4Si/c1-22(2,3)31(5,6)29-18-8-7-17-23(18,4)11-9-15-20-19-21(28-26-20)16(27)10-12-24(19)13-14-25(15,17)30-24/h9-10,12,17-19,21H,7-8,11,13-14H2,1-6H3/t17-,18+,19+,21+,23+,24+,25-/m1/s1. The SMILES string of the molecule is CC(C)(C)[Si](C)(C)O[C@H]1CC[C@@H]2[C@]1(C)CC=C1C3=NO[C@H]4C(=O)C=C[C@]5(CC[C@@]12O5)[C@@H]34. The summed E-state index contributed by atoms with van der Waals surface area (Å²) >= 11 is 0. The Morgan fingerprint density at radius 3 is 2.74 bits per heavy atom. The van der Waals surface area contributed by atoms with Crippen molar-refractivity contribution < 1.29 is 18.8 Å². The molecule has 6 heteroatoms. The lowest BCUT2D eigenvalue weighted by atomic mass is 9.59. The predicted octanol–water partition coefficient (Wildman–Crippen LogP) is 4.93. The fraction of sp³-hybridized carbons (Fsp3) is 0.760. The van der Waals surface area contributed by atoms with Gasteiger partial charge >= 0.3 is 0 Å². The number of ketones is 1. The molecule has 0 aromatic carbocycles. The molecule has 3 heterocycles. The minimum absolute atomic E-state index is 0.0160. The Hall–Kier alpha value is -1.24. The van der Waals surface area contributed by atoms with Crippen molar-refractivity contribution in [2.75, 3.05) is 0 Å². The van der Waals surface area contributed by atoms with Crippen LogP contribution in [0, 0.1) is 17.3 Å². The van der Waals surface area contributed by atoms with E-state index in [1.807, 2.05) is 6.08 Å². The quantitative estimate of drug-likeness (QED) is 0.570. The van der Waals surface area contributed by atoms with Crippen LogP contribution in [0.5, 0.6) is 0 Å². The molecule has 2 saturated heterocycles. The van der Waals surface area contributed by atoms with E-state index in [1.54, 1.807) is 6.08 Å². The lowest BCUT2D eigenvalue weighted by Crippen LogP contribution is -2.62. The molecule has 0 radical (unpaired) electrons. The van der Waals surface area contributed by atoms with Crippen molar-refractivity contribution in [2.24, 2.45) is 22.4 Å². The summed E-state index contributed by atoms with van der Waals surface area (Å²) < 4.78 is 14.2. The second-order valence-corrected chi connectivity index (χ2v) is 17.2. The molecule has 0 N–H and O–H groups in total. The molecule has 3 fully saturated rings. The van der Waals surface area contributed by atoms with Gasteiger partial charge in [0.15, 0.2) is 14.1 Å². The fourth-order valence-corrected chi connectivity index (χ4v) is 8.73. The van der Waals surface area contributed by atoms with Gasteiger partial charge in [0, 0.05) is 16.9 Å². The van der Waals surface area contributed by atoms with E-state index in [-0.39, 0.29) is 33.9 Å². The molecule has 6 rings (SSSR count). The average molecular weight is 442 g/mol. The topological polar surface area (TPSA) is 57.1 Å². The highest BCUT2D eigenvalue weighted by molar-refractivity contribution is 6.74. The maximum absolute atomic E-state index is 12.5. The molecule has 3 aliphatic carbocycles. The molecule has 2 spiro atoms. The van der Waals surface area contributed by atoms with Crippen molar-refractivity contribution in [3.63, 3.8) is 0 Å². The third-order valence-corrected chi connectivity index (χ3v) is 14.5. The van der Waals surface area contributed by atoms with Crippen molar-refractivity contribution >= 4 is 19.8 Å². The first-order valence-electron chi connectivity index (χ1n) is 12.0. The number of rotatable bonds is 2. The van der Waals surface area contributed by atoms with E-state index in [2.05, 4.69) is 52.0 Å². The van der Waals surface area contributed by atoms with E-state index in [1.165, 1.54) is 5.57 Å². The van der Waals surface area contributed by atoms with Gasteiger partial charge in [-0.3, -0.25) is 4.79 Å². The van der Waals surface area contributed by atoms with Gasteiger partial charge in [-0.2, -0.15) is 0 Å². The Kier molecular flexibility index (Phi) is 3.82. The third-order valence-electron chi connectivity index (χ3n) is 9.99. The summed E-state index contributed by atoms with van der Waals surface area (Å²) in [6, 6.07) is 0. The number of hydrogen-bond donors (Lipinski definition) is 0. The Balaban J connectivity index is 1.40. The maximum Gasteiger partial charge on any atom is 0.200 e. The maximum atomic E-state index is 12.5. The van der Waals surface area contributed by atoms with E-state index >= 15 is 0 Å². The van der Waals surface area contributed by atoms with E-state index in [0.29, 0.717) is 5.92 Å². The lowest BCUT2D eigenvalue weighted by molar-refractivity contribution is -0.160. The summed E-state index contributed by atoms with van der Waals surface area (Å²) in [5.41, 5.74) is 1.50. The highest BCUT2D eigenvalue weighted by Gasteiger charge is 2.73. The first kappa shape index (κ1) is 20.4. The minimum Gasteiger partial charge on any atom is -0.413 e. The molecule has 0 aromatic heterocycles. The summed E-state index contributed by atoms with van der Waals surface area (Å²) in [4.78, 5) is 18.1. The van der Waals surface area contributed by atoms with Crippen LogP contribution in [0.15, 0.2) is 29.0 Å².